The van der Waals surface area contributed by atoms with Gasteiger partial charge in [-0.25, -0.2) is 0 Å². The predicted octanol–water partition coefficient (Wildman–Crippen LogP) is 4.45. The maximum atomic E-state index is 12.2. The summed E-state index contributed by atoms with van der Waals surface area (Å²) < 4.78 is 5.96. The summed E-state index contributed by atoms with van der Waals surface area (Å²) in [5.41, 5.74) is 1.11. The molecule has 136 valence electrons. The lowest BCUT2D eigenvalue weighted by molar-refractivity contribution is -0.126. The summed E-state index contributed by atoms with van der Waals surface area (Å²) in [6, 6.07) is 6.93. The van der Waals surface area contributed by atoms with Crippen molar-refractivity contribution in [1.82, 2.24) is 5.32 Å². The number of nitrogens with zero attached hydrogens (tertiary/aromatic N) is 1. The molecule has 5 nitrogen and oxygen atoms in total. The Hall–Kier alpha value is -2.81. The highest BCUT2D eigenvalue weighted by molar-refractivity contribution is 6.35. The number of nitriles is 1. The van der Waals surface area contributed by atoms with Crippen LogP contribution >= 0.6 is 23.2 Å². The van der Waals surface area contributed by atoms with Crippen LogP contribution in [-0.4, -0.2) is 11.8 Å². The molecule has 2 heterocycles. The third-order valence-corrected chi connectivity index (χ3v) is 4.69. The predicted molar refractivity (Wildman–Crippen MR) is 102 cm³/mol. The molecule has 1 aromatic rings. The average molecular weight is 401 g/mol. The molecule has 2 aliphatic rings. The molecule has 0 radical (unpaired) electrons. The van der Waals surface area contributed by atoms with E-state index in [1.165, 1.54) is 6.08 Å². The monoisotopic (exact) mass is 400 g/mol. The number of imide groups is 1. The molecule has 7 heteroatoms. The van der Waals surface area contributed by atoms with Crippen molar-refractivity contribution in [2.45, 2.75) is 19.8 Å². The quantitative estimate of drug-likeness (QED) is 0.587. The van der Waals surface area contributed by atoms with Crippen molar-refractivity contribution < 1.29 is 14.3 Å². The number of carbonyl (C=O) groups excluding carboxylic acids is 2. The Kier molecular flexibility index (Phi) is 5.50. The maximum Gasteiger partial charge on any atom is 0.269 e. The largest absolute Gasteiger partial charge is 0.457 e. The Balaban J connectivity index is 1.97. The van der Waals surface area contributed by atoms with E-state index in [0.717, 1.165) is 6.42 Å². The SMILES string of the molecule is CC1=C(C#N)C(=O)NC(=O)/C1=C/C1=CCCC=C(c2ccc(Cl)cc2Cl)O1. The van der Waals surface area contributed by atoms with E-state index >= 15 is 0 Å². The fourth-order valence-electron chi connectivity index (χ4n) is 2.75. The van der Waals surface area contributed by atoms with Gasteiger partial charge in [0.25, 0.3) is 11.8 Å². The molecule has 0 fully saturated rings. The zero-order valence-corrected chi connectivity index (χ0v) is 15.8. The molecule has 0 spiro atoms. The summed E-state index contributed by atoms with van der Waals surface area (Å²) in [6.45, 7) is 1.56. The van der Waals surface area contributed by atoms with Crippen molar-refractivity contribution in [3.8, 4) is 6.07 Å². The molecular weight excluding hydrogens is 387 g/mol. The molecule has 27 heavy (non-hydrogen) atoms. The van der Waals surface area contributed by atoms with E-state index < -0.39 is 11.8 Å². The first kappa shape index (κ1) is 19.0. The van der Waals surface area contributed by atoms with Gasteiger partial charge in [0.05, 0.1) is 5.02 Å². The smallest absolute Gasteiger partial charge is 0.269 e. The minimum Gasteiger partial charge on any atom is -0.457 e. The van der Waals surface area contributed by atoms with Gasteiger partial charge in [-0.15, -0.1) is 0 Å². The summed E-state index contributed by atoms with van der Waals surface area (Å²) in [7, 11) is 0. The van der Waals surface area contributed by atoms with Gasteiger partial charge < -0.3 is 4.74 Å². The number of allylic oxidation sites excluding steroid dienone is 3. The number of amides is 2. The van der Waals surface area contributed by atoms with Crippen molar-refractivity contribution in [2.24, 2.45) is 0 Å². The number of hydrogen-bond donors (Lipinski definition) is 1. The van der Waals surface area contributed by atoms with Gasteiger partial charge in [-0.05, 0) is 61.8 Å². The second-order valence-electron chi connectivity index (χ2n) is 5.93. The Bertz CT molecular complexity index is 1010. The number of carbonyl (C=O) groups is 2. The van der Waals surface area contributed by atoms with E-state index in [1.807, 2.05) is 18.2 Å². The molecule has 0 aromatic heterocycles. The minimum absolute atomic E-state index is 0.0911. The molecule has 0 bridgehead atoms. The van der Waals surface area contributed by atoms with E-state index in [4.69, 9.17) is 33.2 Å². The van der Waals surface area contributed by atoms with Crippen LogP contribution in [0.15, 0.2) is 58.9 Å². The van der Waals surface area contributed by atoms with Crippen LogP contribution in [0, 0.1) is 11.3 Å². The van der Waals surface area contributed by atoms with E-state index in [1.54, 1.807) is 25.1 Å². The third-order valence-electron chi connectivity index (χ3n) is 4.14. The van der Waals surface area contributed by atoms with Crippen LogP contribution in [-0.2, 0) is 14.3 Å². The van der Waals surface area contributed by atoms with Crippen molar-refractivity contribution in [2.75, 3.05) is 0 Å². The van der Waals surface area contributed by atoms with Crippen molar-refractivity contribution in [3.05, 3.63) is 74.5 Å². The molecule has 1 N–H and O–H groups in total. The topological polar surface area (TPSA) is 79.2 Å². The Morgan fingerprint density at radius 1 is 1.19 bits per heavy atom. The zero-order valence-electron chi connectivity index (χ0n) is 14.3. The highest BCUT2D eigenvalue weighted by Crippen LogP contribution is 2.32. The number of rotatable bonds is 2. The maximum absolute atomic E-state index is 12.2. The summed E-state index contributed by atoms with van der Waals surface area (Å²) in [6.07, 6.45) is 6.69. The van der Waals surface area contributed by atoms with Gasteiger partial charge >= 0.3 is 0 Å². The lowest BCUT2D eigenvalue weighted by atomic mass is 9.96. The fourth-order valence-corrected chi connectivity index (χ4v) is 3.25. The van der Waals surface area contributed by atoms with E-state index in [2.05, 4.69) is 5.32 Å². The molecule has 0 aliphatic carbocycles. The second-order valence-corrected chi connectivity index (χ2v) is 6.78. The molecule has 0 unspecified atom stereocenters. The number of benzene rings is 1. The molecule has 2 aliphatic heterocycles. The molecule has 0 atom stereocenters. The normalized spacial score (nSPS) is 19.0. The molecule has 1 aromatic carbocycles. The molecular formula is C20H14Cl2N2O3. The van der Waals surface area contributed by atoms with E-state index in [9.17, 15) is 9.59 Å². The van der Waals surface area contributed by atoms with E-state index in [-0.39, 0.29) is 11.1 Å². The van der Waals surface area contributed by atoms with E-state index in [0.29, 0.717) is 39.1 Å². The summed E-state index contributed by atoms with van der Waals surface area (Å²) in [4.78, 5) is 23.9. The highest BCUT2D eigenvalue weighted by Gasteiger charge is 2.28. The Morgan fingerprint density at radius 3 is 2.63 bits per heavy atom. The Morgan fingerprint density at radius 2 is 1.93 bits per heavy atom. The average Bonchev–Trinajstić information content (AvgIpc) is 2.84. The second kappa shape index (κ2) is 7.83. The fraction of sp³-hybridized carbons (Fsp3) is 0.150. The molecule has 3 rings (SSSR count). The molecule has 2 amide bonds. The minimum atomic E-state index is -0.693. The van der Waals surface area contributed by atoms with Gasteiger partial charge in [-0.3, -0.25) is 14.9 Å². The summed E-state index contributed by atoms with van der Waals surface area (Å²) in [5.74, 6) is -0.283. The first-order valence-electron chi connectivity index (χ1n) is 8.13. The zero-order chi connectivity index (χ0) is 19.6. The molecule has 0 saturated heterocycles. The van der Waals surface area contributed by atoms with Crippen LogP contribution < -0.4 is 5.32 Å². The Labute approximate surface area is 166 Å². The first-order valence-corrected chi connectivity index (χ1v) is 8.88. The number of ether oxygens (including phenoxy) is 1. The van der Waals surface area contributed by atoms with Crippen molar-refractivity contribution in [3.63, 3.8) is 0 Å². The molecule has 0 saturated carbocycles. The van der Waals surface area contributed by atoms with Crippen molar-refractivity contribution in [1.29, 1.82) is 5.26 Å². The summed E-state index contributed by atoms with van der Waals surface area (Å²) >= 11 is 12.2. The van der Waals surface area contributed by atoms with Crippen LogP contribution in [0.5, 0.6) is 0 Å². The number of halogens is 2. The lowest BCUT2D eigenvalue weighted by Gasteiger charge is -2.17. The van der Waals surface area contributed by atoms with Crippen LogP contribution in [0.3, 0.4) is 0 Å². The van der Waals surface area contributed by atoms with Crippen LogP contribution in [0.4, 0.5) is 0 Å². The van der Waals surface area contributed by atoms with Gasteiger partial charge in [-0.2, -0.15) is 5.26 Å². The lowest BCUT2D eigenvalue weighted by Crippen LogP contribution is -2.37. The summed E-state index contributed by atoms with van der Waals surface area (Å²) in [5, 5.41) is 12.3. The van der Waals surface area contributed by atoms with Crippen molar-refractivity contribution >= 4 is 40.8 Å². The van der Waals surface area contributed by atoms with Crippen LogP contribution in [0.25, 0.3) is 5.76 Å². The van der Waals surface area contributed by atoms with Gasteiger partial charge in [0, 0.05) is 16.2 Å². The number of hydrogen-bond acceptors (Lipinski definition) is 4. The standard InChI is InChI=1S/C20H14Cl2N2O3/c1-11-15(19(25)24-20(26)16(11)10-23)9-13-4-2-3-5-18(27-13)14-7-6-12(21)8-17(14)22/h4-9H,2-3H2,1H3,(H,24,25,26)/b15-9+. The van der Waals surface area contributed by atoms with Gasteiger partial charge in [-0.1, -0.05) is 23.2 Å². The van der Waals surface area contributed by atoms with Gasteiger partial charge in [0.1, 0.15) is 23.2 Å². The van der Waals surface area contributed by atoms with Gasteiger partial charge in [0.15, 0.2) is 0 Å². The third kappa shape index (κ3) is 3.97. The highest BCUT2D eigenvalue weighted by atomic mass is 35.5. The van der Waals surface area contributed by atoms with Crippen LogP contribution in [0.1, 0.15) is 25.3 Å². The van der Waals surface area contributed by atoms with Gasteiger partial charge in [0.2, 0.25) is 0 Å². The number of nitrogens with one attached hydrogen (secondary N) is 1. The first-order chi connectivity index (χ1) is 12.9. The van der Waals surface area contributed by atoms with Crippen LogP contribution in [0.2, 0.25) is 10.0 Å².